The molecule has 1 heterocycles. The Hall–Kier alpha value is -1.10. The van der Waals surface area contributed by atoms with E-state index in [9.17, 15) is 9.59 Å². The summed E-state index contributed by atoms with van der Waals surface area (Å²) in [6, 6.07) is 0. The van der Waals surface area contributed by atoms with Gasteiger partial charge in [-0.15, -0.1) is 0 Å². The summed E-state index contributed by atoms with van der Waals surface area (Å²) in [5.74, 6) is 0.00314. The predicted molar refractivity (Wildman–Crippen MR) is 55.3 cm³/mol. The summed E-state index contributed by atoms with van der Waals surface area (Å²) in [6.07, 6.45) is 2.25. The molecule has 15 heavy (non-hydrogen) atoms. The molecular weight excluding hydrogens is 196 g/mol. The molecule has 0 aromatic heterocycles. The van der Waals surface area contributed by atoms with Crippen LogP contribution in [0.15, 0.2) is 0 Å². The van der Waals surface area contributed by atoms with Crippen molar-refractivity contribution >= 4 is 11.8 Å². The number of likely N-dealkylation sites (tertiary alicyclic amines) is 1. The van der Waals surface area contributed by atoms with Crippen molar-refractivity contribution in [1.82, 2.24) is 10.2 Å². The molecule has 0 unspecified atom stereocenters. The van der Waals surface area contributed by atoms with E-state index >= 15 is 0 Å². The number of carbonyl (C=O) groups excluding carboxylic acids is 2. The molecule has 0 bridgehead atoms. The fourth-order valence-corrected chi connectivity index (χ4v) is 1.54. The number of ether oxygens (including phenoxy) is 1. The number of methoxy groups -OCH3 is 1. The Bertz CT molecular complexity index is 231. The van der Waals surface area contributed by atoms with Gasteiger partial charge in [0.15, 0.2) is 0 Å². The van der Waals surface area contributed by atoms with E-state index in [0.29, 0.717) is 26.1 Å². The number of rotatable bonds is 6. The van der Waals surface area contributed by atoms with Crippen molar-refractivity contribution in [2.24, 2.45) is 0 Å². The molecule has 0 aromatic rings. The molecular formula is C10H18N2O3. The highest BCUT2D eigenvalue weighted by atomic mass is 16.5. The zero-order valence-electron chi connectivity index (χ0n) is 9.12. The van der Waals surface area contributed by atoms with Crippen LogP contribution in [0.25, 0.3) is 0 Å². The number of nitrogens with zero attached hydrogens (tertiary/aromatic N) is 1. The van der Waals surface area contributed by atoms with E-state index in [1.54, 1.807) is 12.0 Å². The largest absolute Gasteiger partial charge is 0.385 e. The second-order valence-corrected chi connectivity index (χ2v) is 3.62. The Morgan fingerprint density at radius 2 is 2.40 bits per heavy atom. The minimum absolute atomic E-state index is 0.0821. The van der Waals surface area contributed by atoms with Crippen LogP contribution in [-0.4, -0.2) is 50.1 Å². The third kappa shape index (κ3) is 4.29. The second-order valence-electron chi connectivity index (χ2n) is 3.62. The summed E-state index contributed by atoms with van der Waals surface area (Å²) >= 11 is 0. The molecule has 1 rings (SSSR count). The van der Waals surface area contributed by atoms with Crippen molar-refractivity contribution in [1.29, 1.82) is 0 Å². The molecule has 5 nitrogen and oxygen atoms in total. The molecule has 1 saturated heterocycles. The first-order valence-electron chi connectivity index (χ1n) is 5.27. The Morgan fingerprint density at radius 3 is 3.00 bits per heavy atom. The molecule has 0 saturated carbocycles. The SMILES string of the molecule is COCCCNC(=O)CN1CCCC1=O. The van der Waals surface area contributed by atoms with Crippen LogP contribution in [0.5, 0.6) is 0 Å². The van der Waals surface area contributed by atoms with Crippen LogP contribution in [0.2, 0.25) is 0 Å². The van der Waals surface area contributed by atoms with Gasteiger partial charge in [-0.1, -0.05) is 0 Å². The predicted octanol–water partition coefficient (Wildman–Crippen LogP) is -0.238. The summed E-state index contributed by atoms with van der Waals surface area (Å²) in [5, 5.41) is 2.75. The monoisotopic (exact) mass is 214 g/mol. The van der Waals surface area contributed by atoms with Gasteiger partial charge in [-0.25, -0.2) is 0 Å². The summed E-state index contributed by atoms with van der Waals surface area (Å²) in [4.78, 5) is 24.2. The third-order valence-corrected chi connectivity index (χ3v) is 2.35. The van der Waals surface area contributed by atoms with E-state index in [0.717, 1.165) is 12.8 Å². The van der Waals surface area contributed by atoms with Gasteiger partial charge in [0.05, 0.1) is 6.54 Å². The molecule has 1 aliphatic heterocycles. The summed E-state index contributed by atoms with van der Waals surface area (Å²) in [5.41, 5.74) is 0. The van der Waals surface area contributed by atoms with Gasteiger partial charge in [-0.3, -0.25) is 9.59 Å². The topological polar surface area (TPSA) is 58.6 Å². The van der Waals surface area contributed by atoms with Crippen LogP contribution in [0.4, 0.5) is 0 Å². The lowest BCUT2D eigenvalue weighted by Crippen LogP contribution is -2.38. The zero-order valence-corrected chi connectivity index (χ0v) is 9.12. The molecule has 1 N–H and O–H groups in total. The Kier molecular flexibility index (Phi) is 5.10. The molecule has 1 fully saturated rings. The second kappa shape index (κ2) is 6.40. The lowest BCUT2D eigenvalue weighted by Gasteiger charge is -2.14. The van der Waals surface area contributed by atoms with Crippen molar-refractivity contribution in [3.8, 4) is 0 Å². The van der Waals surface area contributed by atoms with Crippen LogP contribution < -0.4 is 5.32 Å². The first-order valence-corrected chi connectivity index (χ1v) is 5.27. The van der Waals surface area contributed by atoms with Crippen molar-refractivity contribution in [2.75, 3.05) is 33.4 Å². The highest BCUT2D eigenvalue weighted by molar-refractivity contribution is 5.85. The molecule has 2 amide bonds. The van der Waals surface area contributed by atoms with Crippen LogP contribution >= 0.6 is 0 Å². The number of nitrogens with one attached hydrogen (secondary N) is 1. The molecule has 0 atom stereocenters. The van der Waals surface area contributed by atoms with Crippen LogP contribution in [0, 0.1) is 0 Å². The van der Waals surface area contributed by atoms with E-state index in [4.69, 9.17) is 4.74 Å². The Morgan fingerprint density at radius 1 is 1.60 bits per heavy atom. The fraction of sp³-hybridized carbons (Fsp3) is 0.800. The van der Waals surface area contributed by atoms with Gasteiger partial charge in [0.25, 0.3) is 0 Å². The number of hydrogen-bond acceptors (Lipinski definition) is 3. The Labute approximate surface area is 89.8 Å². The van der Waals surface area contributed by atoms with Crippen LogP contribution in [0.3, 0.4) is 0 Å². The maximum atomic E-state index is 11.4. The molecule has 0 aromatic carbocycles. The quantitative estimate of drug-likeness (QED) is 0.621. The van der Waals surface area contributed by atoms with E-state index in [-0.39, 0.29) is 18.4 Å². The van der Waals surface area contributed by atoms with Crippen LogP contribution in [-0.2, 0) is 14.3 Å². The molecule has 0 aliphatic carbocycles. The van der Waals surface area contributed by atoms with Gasteiger partial charge >= 0.3 is 0 Å². The van der Waals surface area contributed by atoms with Gasteiger partial charge in [0, 0.05) is 33.2 Å². The molecule has 5 heteroatoms. The van der Waals surface area contributed by atoms with Gasteiger partial charge in [0.1, 0.15) is 0 Å². The first-order chi connectivity index (χ1) is 7.24. The van der Waals surface area contributed by atoms with Crippen molar-refractivity contribution in [2.45, 2.75) is 19.3 Å². The standard InChI is InChI=1S/C10H18N2O3/c1-15-7-3-5-11-9(13)8-12-6-2-4-10(12)14/h2-8H2,1H3,(H,11,13). The minimum Gasteiger partial charge on any atom is -0.385 e. The van der Waals surface area contributed by atoms with Crippen molar-refractivity contribution in [3.05, 3.63) is 0 Å². The smallest absolute Gasteiger partial charge is 0.239 e. The third-order valence-electron chi connectivity index (χ3n) is 2.35. The molecule has 0 spiro atoms. The minimum atomic E-state index is -0.0821. The Balaban J connectivity index is 2.10. The molecule has 1 aliphatic rings. The lowest BCUT2D eigenvalue weighted by molar-refractivity contribution is -0.133. The fourth-order valence-electron chi connectivity index (χ4n) is 1.54. The van der Waals surface area contributed by atoms with E-state index in [1.807, 2.05) is 0 Å². The summed E-state index contributed by atoms with van der Waals surface area (Å²) in [6.45, 7) is 2.16. The average Bonchev–Trinajstić information content (AvgIpc) is 2.59. The van der Waals surface area contributed by atoms with E-state index in [2.05, 4.69) is 5.32 Å². The normalized spacial score (nSPS) is 15.8. The van der Waals surface area contributed by atoms with Gasteiger partial charge < -0.3 is 15.0 Å². The van der Waals surface area contributed by atoms with Crippen molar-refractivity contribution in [3.63, 3.8) is 0 Å². The highest BCUT2D eigenvalue weighted by Crippen LogP contribution is 2.08. The van der Waals surface area contributed by atoms with Gasteiger partial charge in [-0.2, -0.15) is 0 Å². The van der Waals surface area contributed by atoms with Gasteiger partial charge in [-0.05, 0) is 12.8 Å². The number of hydrogen-bond donors (Lipinski definition) is 1. The van der Waals surface area contributed by atoms with E-state index < -0.39 is 0 Å². The number of carbonyl (C=O) groups is 2. The maximum absolute atomic E-state index is 11.4. The zero-order chi connectivity index (χ0) is 11.1. The summed E-state index contributed by atoms with van der Waals surface area (Å²) in [7, 11) is 1.63. The first kappa shape index (κ1) is 12.0. The van der Waals surface area contributed by atoms with Gasteiger partial charge in [0.2, 0.25) is 11.8 Å². The van der Waals surface area contributed by atoms with E-state index in [1.165, 1.54) is 0 Å². The van der Waals surface area contributed by atoms with Crippen LogP contribution in [0.1, 0.15) is 19.3 Å². The highest BCUT2D eigenvalue weighted by Gasteiger charge is 2.21. The molecule has 0 radical (unpaired) electrons. The van der Waals surface area contributed by atoms with Crippen molar-refractivity contribution < 1.29 is 14.3 Å². The average molecular weight is 214 g/mol. The number of amides is 2. The summed E-state index contributed by atoms with van der Waals surface area (Å²) < 4.78 is 4.86. The lowest BCUT2D eigenvalue weighted by atomic mass is 10.4. The molecule has 86 valence electrons. The maximum Gasteiger partial charge on any atom is 0.239 e.